The number of hydrogen-bond acceptors (Lipinski definition) is 4. The van der Waals surface area contributed by atoms with Crippen LogP contribution in [0.25, 0.3) is 0 Å². The Bertz CT molecular complexity index is 973. The van der Waals surface area contributed by atoms with Gasteiger partial charge in [-0.3, -0.25) is 4.79 Å². The van der Waals surface area contributed by atoms with E-state index >= 15 is 0 Å². The highest BCUT2D eigenvalue weighted by Crippen LogP contribution is 2.30. The Labute approximate surface area is 159 Å². The summed E-state index contributed by atoms with van der Waals surface area (Å²) in [5.74, 6) is -0.197. The highest BCUT2D eigenvalue weighted by Gasteiger charge is 2.30. The summed E-state index contributed by atoms with van der Waals surface area (Å²) in [5.41, 5.74) is 1.07. The van der Waals surface area contributed by atoms with Crippen LogP contribution in [-0.4, -0.2) is 22.9 Å². The molecule has 0 radical (unpaired) electrons. The summed E-state index contributed by atoms with van der Waals surface area (Å²) < 4.78 is 38.0. The highest BCUT2D eigenvalue weighted by molar-refractivity contribution is 6.04. The van der Waals surface area contributed by atoms with Crippen LogP contribution in [0.15, 0.2) is 60.7 Å². The van der Waals surface area contributed by atoms with E-state index in [2.05, 4.69) is 15.3 Å². The van der Waals surface area contributed by atoms with E-state index in [1.807, 2.05) is 18.2 Å². The van der Waals surface area contributed by atoms with Crippen molar-refractivity contribution in [3.8, 4) is 0 Å². The van der Waals surface area contributed by atoms with Gasteiger partial charge < -0.3 is 10.2 Å². The Hall–Kier alpha value is -3.42. The third kappa shape index (κ3) is 4.46. The number of alkyl halides is 3. The summed E-state index contributed by atoms with van der Waals surface area (Å²) in [6.07, 6.45) is -4.40. The van der Waals surface area contributed by atoms with E-state index in [-0.39, 0.29) is 17.5 Å². The smallest absolute Gasteiger partial charge is 0.324 e. The molecular weight excluding hydrogens is 369 g/mol. The van der Waals surface area contributed by atoms with Gasteiger partial charge >= 0.3 is 6.18 Å². The topological polar surface area (TPSA) is 58.1 Å². The van der Waals surface area contributed by atoms with Crippen LogP contribution in [-0.2, 0) is 6.18 Å². The number of carbonyl (C=O) groups is 1. The van der Waals surface area contributed by atoms with Gasteiger partial charge in [0.2, 0.25) is 5.95 Å². The van der Waals surface area contributed by atoms with Crippen molar-refractivity contribution in [3.05, 3.63) is 77.6 Å². The number of carbonyl (C=O) groups excluding carboxylic acids is 1. The Balaban J connectivity index is 1.82. The average Bonchev–Trinajstić information content (AvgIpc) is 2.67. The molecule has 0 atom stereocenters. The van der Waals surface area contributed by atoms with E-state index in [1.54, 1.807) is 32.2 Å². The lowest BCUT2D eigenvalue weighted by Crippen LogP contribution is -2.27. The van der Waals surface area contributed by atoms with E-state index in [4.69, 9.17) is 0 Å². The van der Waals surface area contributed by atoms with E-state index in [0.717, 1.165) is 12.1 Å². The molecule has 2 aromatic carbocycles. The van der Waals surface area contributed by atoms with Crippen molar-refractivity contribution in [1.82, 2.24) is 9.97 Å². The lowest BCUT2D eigenvalue weighted by Gasteiger charge is -2.17. The van der Waals surface area contributed by atoms with Gasteiger partial charge in [-0.2, -0.15) is 13.2 Å². The lowest BCUT2D eigenvalue weighted by molar-refractivity contribution is -0.137. The molecule has 0 unspecified atom stereocenters. The first kappa shape index (κ1) is 19.3. The molecule has 0 fully saturated rings. The number of para-hydroxylation sites is 1. The van der Waals surface area contributed by atoms with E-state index in [1.165, 1.54) is 17.0 Å². The minimum Gasteiger partial charge on any atom is -0.324 e. The van der Waals surface area contributed by atoms with Crippen molar-refractivity contribution in [2.24, 2.45) is 0 Å². The van der Waals surface area contributed by atoms with Crippen molar-refractivity contribution >= 4 is 23.2 Å². The van der Waals surface area contributed by atoms with Gasteiger partial charge in [0.1, 0.15) is 5.69 Å². The summed E-state index contributed by atoms with van der Waals surface area (Å²) in [5, 5.41) is 2.84. The van der Waals surface area contributed by atoms with Gasteiger partial charge in [-0.25, -0.2) is 9.97 Å². The average molecular weight is 386 g/mol. The van der Waals surface area contributed by atoms with E-state index < -0.39 is 11.7 Å². The molecule has 0 spiro atoms. The van der Waals surface area contributed by atoms with Gasteiger partial charge in [-0.05, 0) is 49.4 Å². The Morgan fingerprint density at radius 2 is 1.64 bits per heavy atom. The van der Waals surface area contributed by atoms with Gasteiger partial charge in [0.25, 0.3) is 5.91 Å². The van der Waals surface area contributed by atoms with Crippen molar-refractivity contribution in [1.29, 1.82) is 0 Å². The van der Waals surface area contributed by atoms with Gasteiger partial charge in [-0.1, -0.05) is 18.2 Å². The number of rotatable bonds is 4. The maximum Gasteiger partial charge on any atom is 0.416 e. The standard InChI is InChI=1S/C20H17F3N4O/c1-13-12-17(18(28)27(2)16-6-4-3-5-7-16)26-19(24-13)25-15-10-8-14(9-11-15)20(21,22)23/h3-12H,1-2H3,(H,24,25,26). The fourth-order valence-corrected chi connectivity index (χ4v) is 2.55. The predicted molar refractivity (Wildman–Crippen MR) is 101 cm³/mol. The maximum absolute atomic E-state index is 12.7. The molecule has 28 heavy (non-hydrogen) atoms. The number of amides is 1. The maximum atomic E-state index is 12.7. The Kier molecular flexibility index (Phi) is 5.30. The summed E-state index contributed by atoms with van der Waals surface area (Å²) in [7, 11) is 1.64. The molecule has 0 aliphatic heterocycles. The molecule has 3 rings (SSSR count). The van der Waals surface area contributed by atoms with Crippen LogP contribution < -0.4 is 10.2 Å². The number of hydrogen-bond donors (Lipinski definition) is 1. The first-order valence-corrected chi connectivity index (χ1v) is 8.37. The molecule has 1 amide bonds. The molecule has 5 nitrogen and oxygen atoms in total. The van der Waals surface area contributed by atoms with E-state index in [9.17, 15) is 18.0 Å². The van der Waals surface area contributed by atoms with Crippen LogP contribution in [0.1, 0.15) is 21.7 Å². The molecule has 0 saturated carbocycles. The quantitative estimate of drug-likeness (QED) is 0.698. The minimum absolute atomic E-state index is 0.129. The number of nitrogens with one attached hydrogen (secondary N) is 1. The molecule has 1 N–H and O–H groups in total. The fourth-order valence-electron chi connectivity index (χ4n) is 2.55. The predicted octanol–water partition coefficient (Wildman–Crippen LogP) is 4.82. The van der Waals surface area contributed by atoms with Crippen LogP contribution in [0.2, 0.25) is 0 Å². The Morgan fingerprint density at radius 1 is 1.00 bits per heavy atom. The van der Waals surface area contributed by atoms with Crippen molar-refractivity contribution in [3.63, 3.8) is 0 Å². The normalized spacial score (nSPS) is 11.2. The third-order valence-corrected chi connectivity index (χ3v) is 3.99. The SMILES string of the molecule is Cc1cc(C(=O)N(C)c2ccccc2)nc(Nc2ccc(C(F)(F)F)cc2)n1. The Morgan fingerprint density at radius 3 is 2.25 bits per heavy atom. The lowest BCUT2D eigenvalue weighted by atomic mass is 10.2. The van der Waals surface area contributed by atoms with Gasteiger partial charge in [0.05, 0.1) is 5.56 Å². The number of anilines is 3. The monoisotopic (exact) mass is 386 g/mol. The first-order chi connectivity index (χ1) is 13.2. The molecule has 144 valence electrons. The molecule has 8 heteroatoms. The van der Waals surface area contributed by atoms with Gasteiger partial charge in [0, 0.05) is 24.1 Å². The minimum atomic E-state index is -4.40. The second-order valence-corrected chi connectivity index (χ2v) is 6.12. The van der Waals surface area contributed by atoms with Crippen LogP contribution >= 0.6 is 0 Å². The summed E-state index contributed by atoms with van der Waals surface area (Å²) >= 11 is 0. The molecule has 1 heterocycles. The highest BCUT2D eigenvalue weighted by atomic mass is 19.4. The van der Waals surface area contributed by atoms with Crippen LogP contribution in [0, 0.1) is 6.92 Å². The molecular formula is C20H17F3N4O. The van der Waals surface area contributed by atoms with Gasteiger partial charge in [-0.15, -0.1) is 0 Å². The zero-order valence-corrected chi connectivity index (χ0v) is 15.2. The second kappa shape index (κ2) is 7.67. The number of aromatic nitrogens is 2. The second-order valence-electron chi connectivity index (χ2n) is 6.12. The zero-order valence-electron chi connectivity index (χ0n) is 15.2. The van der Waals surface area contributed by atoms with Crippen LogP contribution in [0.3, 0.4) is 0 Å². The molecule has 3 aromatic rings. The van der Waals surface area contributed by atoms with Gasteiger partial charge in [0.15, 0.2) is 0 Å². The zero-order chi connectivity index (χ0) is 20.3. The number of benzene rings is 2. The van der Waals surface area contributed by atoms with Crippen LogP contribution in [0.5, 0.6) is 0 Å². The van der Waals surface area contributed by atoms with Crippen molar-refractivity contribution in [2.75, 3.05) is 17.3 Å². The molecule has 0 aliphatic carbocycles. The summed E-state index contributed by atoms with van der Waals surface area (Å²) in [4.78, 5) is 22.6. The third-order valence-electron chi connectivity index (χ3n) is 3.99. The number of halogens is 3. The number of nitrogens with zero attached hydrogens (tertiary/aromatic N) is 3. The van der Waals surface area contributed by atoms with Crippen LogP contribution in [0.4, 0.5) is 30.5 Å². The molecule has 1 aromatic heterocycles. The first-order valence-electron chi connectivity index (χ1n) is 8.37. The fraction of sp³-hybridized carbons (Fsp3) is 0.150. The number of aryl methyl sites for hydroxylation is 1. The summed E-state index contributed by atoms with van der Waals surface area (Å²) in [6, 6.07) is 15.1. The van der Waals surface area contributed by atoms with Crippen molar-refractivity contribution in [2.45, 2.75) is 13.1 Å². The summed E-state index contributed by atoms with van der Waals surface area (Å²) in [6.45, 7) is 1.71. The molecule has 0 aliphatic rings. The van der Waals surface area contributed by atoms with Crippen molar-refractivity contribution < 1.29 is 18.0 Å². The largest absolute Gasteiger partial charge is 0.416 e. The van der Waals surface area contributed by atoms with E-state index in [0.29, 0.717) is 17.1 Å². The molecule has 0 bridgehead atoms. The molecule has 0 saturated heterocycles.